The highest BCUT2D eigenvalue weighted by molar-refractivity contribution is 9.10. The van der Waals surface area contributed by atoms with E-state index in [0.717, 1.165) is 26.6 Å². The topological polar surface area (TPSA) is 26.0 Å². The van der Waals surface area contributed by atoms with Gasteiger partial charge in [-0.1, -0.05) is 24.4 Å². The van der Waals surface area contributed by atoms with E-state index in [2.05, 4.69) is 22.0 Å². The summed E-state index contributed by atoms with van der Waals surface area (Å²) < 4.78 is 1.82. The zero-order valence-electron chi connectivity index (χ0n) is 8.96. The molecule has 0 amide bonds. The molecular formula is C12H15BrClNS. The molecule has 16 heavy (non-hydrogen) atoms. The van der Waals surface area contributed by atoms with Crippen molar-refractivity contribution in [2.24, 2.45) is 23.5 Å². The molecule has 2 aliphatic carbocycles. The Balaban J connectivity index is 1.76. The van der Waals surface area contributed by atoms with Crippen molar-refractivity contribution in [2.75, 3.05) is 0 Å². The fourth-order valence-electron chi connectivity index (χ4n) is 3.30. The lowest BCUT2D eigenvalue weighted by Crippen LogP contribution is -2.12. The number of thiophene rings is 1. The Morgan fingerprint density at radius 1 is 1.38 bits per heavy atom. The fraction of sp³-hybridized carbons (Fsp3) is 0.667. The molecule has 88 valence electrons. The third kappa shape index (κ3) is 1.86. The molecule has 4 heteroatoms. The van der Waals surface area contributed by atoms with Gasteiger partial charge in [-0.15, -0.1) is 11.3 Å². The van der Waals surface area contributed by atoms with Crippen LogP contribution >= 0.6 is 38.9 Å². The average molecular weight is 321 g/mol. The molecule has 2 N–H and O–H groups in total. The number of rotatable bonds is 2. The second-order valence-electron chi connectivity index (χ2n) is 4.99. The predicted molar refractivity (Wildman–Crippen MR) is 72.9 cm³/mol. The molecule has 3 atom stereocenters. The van der Waals surface area contributed by atoms with Gasteiger partial charge in [0.15, 0.2) is 0 Å². The van der Waals surface area contributed by atoms with Crippen molar-refractivity contribution >= 4 is 38.9 Å². The van der Waals surface area contributed by atoms with Gasteiger partial charge in [-0.25, -0.2) is 0 Å². The average Bonchev–Trinajstić information content (AvgIpc) is 2.91. The Bertz CT molecular complexity index is 374. The molecule has 0 saturated heterocycles. The number of halogens is 2. The van der Waals surface area contributed by atoms with Crippen molar-refractivity contribution in [3.8, 4) is 0 Å². The lowest BCUT2D eigenvalue weighted by atomic mass is 10.0. The molecule has 3 unspecified atom stereocenters. The van der Waals surface area contributed by atoms with Crippen molar-refractivity contribution in [2.45, 2.75) is 31.7 Å². The SMILES string of the molecule is NC(c1cc(Br)c(Cl)s1)C1C2CCCCC21. The maximum atomic E-state index is 6.37. The summed E-state index contributed by atoms with van der Waals surface area (Å²) >= 11 is 11.2. The van der Waals surface area contributed by atoms with Gasteiger partial charge in [-0.2, -0.15) is 0 Å². The van der Waals surface area contributed by atoms with Crippen LogP contribution in [-0.4, -0.2) is 0 Å². The molecule has 2 fully saturated rings. The van der Waals surface area contributed by atoms with Gasteiger partial charge in [0.25, 0.3) is 0 Å². The molecule has 1 aromatic heterocycles. The zero-order chi connectivity index (χ0) is 11.3. The predicted octanol–water partition coefficient (Wildman–Crippen LogP) is 4.60. The summed E-state index contributed by atoms with van der Waals surface area (Å²) in [7, 11) is 0. The largest absolute Gasteiger partial charge is 0.323 e. The monoisotopic (exact) mass is 319 g/mol. The first-order chi connectivity index (χ1) is 7.68. The lowest BCUT2D eigenvalue weighted by Gasteiger charge is -2.08. The van der Waals surface area contributed by atoms with Crippen molar-refractivity contribution in [3.05, 3.63) is 19.8 Å². The van der Waals surface area contributed by atoms with E-state index in [0.29, 0.717) is 0 Å². The molecule has 0 radical (unpaired) electrons. The Morgan fingerprint density at radius 3 is 2.50 bits per heavy atom. The maximum Gasteiger partial charge on any atom is 0.107 e. The van der Waals surface area contributed by atoms with Crippen LogP contribution < -0.4 is 5.73 Å². The van der Waals surface area contributed by atoms with E-state index >= 15 is 0 Å². The van der Waals surface area contributed by atoms with Gasteiger partial charge in [-0.05, 0) is 52.6 Å². The molecule has 3 rings (SSSR count). The highest BCUT2D eigenvalue weighted by Gasteiger charge is 2.53. The van der Waals surface area contributed by atoms with Crippen LogP contribution in [0, 0.1) is 17.8 Å². The summed E-state index contributed by atoms with van der Waals surface area (Å²) in [5, 5.41) is 0. The van der Waals surface area contributed by atoms with E-state index < -0.39 is 0 Å². The van der Waals surface area contributed by atoms with Crippen LogP contribution in [0.25, 0.3) is 0 Å². The summed E-state index contributed by atoms with van der Waals surface area (Å²) in [4.78, 5) is 1.25. The smallest absolute Gasteiger partial charge is 0.107 e. The first kappa shape index (κ1) is 11.5. The summed E-state index contributed by atoms with van der Waals surface area (Å²) in [6.45, 7) is 0. The Kier molecular flexibility index (Phi) is 3.07. The molecule has 0 spiro atoms. The van der Waals surface area contributed by atoms with E-state index in [1.165, 1.54) is 30.6 Å². The van der Waals surface area contributed by atoms with Crippen LogP contribution in [-0.2, 0) is 0 Å². The molecule has 0 aliphatic heterocycles. The van der Waals surface area contributed by atoms with Gasteiger partial charge in [0.2, 0.25) is 0 Å². The summed E-state index contributed by atoms with van der Waals surface area (Å²) in [5.41, 5.74) is 6.37. The number of nitrogens with two attached hydrogens (primary N) is 1. The molecule has 1 aromatic rings. The highest BCUT2D eigenvalue weighted by Crippen LogP contribution is 2.60. The molecular weight excluding hydrogens is 306 g/mol. The first-order valence-electron chi connectivity index (χ1n) is 5.89. The molecule has 0 bridgehead atoms. The van der Waals surface area contributed by atoms with Gasteiger partial charge in [0.05, 0.1) is 0 Å². The summed E-state index contributed by atoms with van der Waals surface area (Å²) in [6.07, 6.45) is 5.59. The second-order valence-corrected chi connectivity index (χ2v) is 7.53. The Labute approximate surface area is 113 Å². The van der Waals surface area contributed by atoms with Gasteiger partial charge >= 0.3 is 0 Å². The lowest BCUT2D eigenvalue weighted by molar-refractivity contribution is 0.480. The third-order valence-corrected chi connectivity index (χ3v) is 6.71. The molecule has 1 nitrogen and oxygen atoms in total. The van der Waals surface area contributed by atoms with E-state index in [1.54, 1.807) is 11.3 Å². The van der Waals surface area contributed by atoms with E-state index in [4.69, 9.17) is 17.3 Å². The minimum absolute atomic E-state index is 0.210. The summed E-state index contributed by atoms with van der Waals surface area (Å²) in [5.74, 6) is 2.54. The van der Waals surface area contributed by atoms with Crippen LogP contribution in [0.3, 0.4) is 0 Å². The van der Waals surface area contributed by atoms with Crippen molar-refractivity contribution in [1.29, 1.82) is 0 Å². The third-order valence-electron chi connectivity index (χ3n) is 4.13. The summed E-state index contributed by atoms with van der Waals surface area (Å²) in [6, 6.07) is 2.31. The first-order valence-corrected chi connectivity index (χ1v) is 7.87. The van der Waals surface area contributed by atoms with Crippen molar-refractivity contribution in [3.63, 3.8) is 0 Å². The normalized spacial score (nSPS) is 34.6. The quantitative estimate of drug-likeness (QED) is 0.846. The molecule has 2 saturated carbocycles. The fourth-order valence-corrected chi connectivity index (χ4v) is 5.09. The van der Waals surface area contributed by atoms with Crippen LogP contribution in [0.2, 0.25) is 4.34 Å². The van der Waals surface area contributed by atoms with Crippen molar-refractivity contribution < 1.29 is 0 Å². The van der Waals surface area contributed by atoms with Crippen molar-refractivity contribution in [1.82, 2.24) is 0 Å². The van der Waals surface area contributed by atoms with Crippen LogP contribution in [0.1, 0.15) is 36.6 Å². The Morgan fingerprint density at radius 2 is 2.00 bits per heavy atom. The number of hydrogen-bond acceptors (Lipinski definition) is 2. The van der Waals surface area contributed by atoms with E-state index in [9.17, 15) is 0 Å². The van der Waals surface area contributed by atoms with Crippen LogP contribution in [0.5, 0.6) is 0 Å². The second kappa shape index (κ2) is 4.27. The molecule has 2 aliphatic rings. The van der Waals surface area contributed by atoms with E-state index in [1.807, 2.05) is 0 Å². The zero-order valence-corrected chi connectivity index (χ0v) is 12.1. The molecule has 0 aromatic carbocycles. The van der Waals surface area contributed by atoms with E-state index in [-0.39, 0.29) is 6.04 Å². The van der Waals surface area contributed by atoms with Gasteiger partial charge in [0.1, 0.15) is 4.34 Å². The molecule has 1 heterocycles. The number of hydrogen-bond donors (Lipinski definition) is 1. The van der Waals surface area contributed by atoms with Crippen LogP contribution in [0.15, 0.2) is 10.5 Å². The maximum absolute atomic E-state index is 6.37. The Hall–Kier alpha value is 0.430. The minimum Gasteiger partial charge on any atom is -0.323 e. The van der Waals surface area contributed by atoms with Gasteiger partial charge in [0, 0.05) is 15.4 Å². The minimum atomic E-state index is 0.210. The highest BCUT2D eigenvalue weighted by atomic mass is 79.9. The van der Waals surface area contributed by atoms with Gasteiger partial charge < -0.3 is 5.73 Å². The van der Waals surface area contributed by atoms with Gasteiger partial charge in [-0.3, -0.25) is 0 Å². The standard InChI is InChI=1S/C12H15BrClNS/c13-8-5-9(16-12(8)14)11(15)10-6-3-1-2-4-7(6)10/h5-7,10-11H,1-4,15H2. The number of fused-ring (bicyclic) bond motifs is 1. The van der Waals surface area contributed by atoms with Crippen LogP contribution in [0.4, 0.5) is 0 Å².